The van der Waals surface area contributed by atoms with Crippen molar-refractivity contribution in [2.24, 2.45) is 11.8 Å². The molecule has 1 aromatic rings. The minimum Gasteiger partial charge on any atom is -0.482 e. The van der Waals surface area contributed by atoms with Gasteiger partial charge in [0.1, 0.15) is 5.75 Å². The van der Waals surface area contributed by atoms with Crippen molar-refractivity contribution in [3.63, 3.8) is 0 Å². The molecule has 4 heteroatoms. The van der Waals surface area contributed by atoms with Crippen LogP contribution in [-0.2, 0) is 4.79 Å². The molecule has 1 saturated carbocycles. The van der Waals surface area contributed by atoms with Gasteiger partial charge in [-0.15, -0.1) is 0 Å². The first-order valence-electron chi connectivity index (χ1n) is 7.89. The van der Waals surface area contributed by atoms with Crippen LogP contribution in [0.15, 0.2) is 24.3 Å². The molecule has 114 valence electrons. The maximum atomic E-state index is 12.3. The number of rotatable bonds is 3. The van der Waals surface area contributed by atoms with E-state index in [4.69, 9.17) is 16.3 Å². The van der Waals surface area contributed by atoms with Gasteiger partial charge in [-0.1, -0.05) is 43.0 Å². The Balaban J connectivity index is 1.53. The van der Waals surface area contributed by atoms with E-state index in [0.29, 0.717) is 16.7 Å². The number of amides is 1. The van der Waals surface area contributed by atoms with Crippen molar-refractivity contribution in [3.05, 3.63) is 29.3 Å². The van der Waals surface area contributed by atoms with Crippen LogP contribution in [0.2, 0.25) is 5.02 Å². The zero-order valence-electron chi connectivity index (χ0n) is 12.3. The molecule has 0 N–H and O–H groups in total. The third-order valence-corrected chi connectivity index (χ3v) is 5.14. The Morgan fingerprint density at radius 2 is 1.95 bits per heavy atom. The van der Waals surface area contributed by atoms with Crippen molar-refractivity contribution in [1.82, 2.24) is 4.90 Å². The summed E-state index contributed by atoms with van der Waals surface area (Å²) in [5, 5.41) is 0.552. The summed E-state index contributed by atoms with van der Waals surface area (Å²) < 4.78 is 5.56. The van der Waals surface area contributed by atoms with Crippen molar-refractivity contribution >= 4 is 17.5 Å². The molecule has 1 aromatic carbocycles. The molecule has 2 atom stereocenters. The second-order valence-corrected chi connectivity index (χ2v) is 6.56. The second kappa shape index (κ2) is 6.69. The van der Waals surface area contributed by atoms with E-state index < -0.39 is 0 Å². The summed E-state index contributed by atoms with van der Waals surface area (Å²) in [5.74, 6) is 2.21. The summed E-state index contributed by atoms with van der Waals surface area (Å²) in [7, 11) is 0. The largest absolute Gasteiger partial charge is 0.482 e. The van der Waals surface area contributed by atoms with Gasteiger partial charge in [0.05, 0.1) is 5.02 Å². The number of carbonyl (C=O) groups excluding carboxylic acids is 1. The van der Waals surface area contributed by atoms with E-state index in [-0.39, 0.29) is 12.5 Å². The third-order valence-electron chi connectivity index (χ3n) is 4.83. The monoisotopic (exact) mass is 307 g/mol. The van der Waals surface area contributed by atoms with Crippen LogP contribution < -0.4 is 4.74 Å². The highest BCUT2D eigenvalue weighted by Gasteiger charge is 2.32. The van der Waals surface area contributed by atoms with E-state index in [0.717, 1.165) is 25.4 Å². The average molecular weight is 308 g/mol. The van der Waals surface area contributed by atoms with Gasteiger partial charge in [-0.2, -0.15) is 0 Å². The third kappa shape index (κ3) is 3.52. The predicted octanol–water partition coefficient (Wildman–Crippen LogP) is 3.76. The number of fused-ring (bicyclic) bond motifs is 1. The zero-order chi connectivity index (χ0) is 14.7. The summed E-state index contributed by atoms with van der Waals surface area (Å²) in [6.07, 6.45) is 6.47. The van der Waals surface area contributed by atoms with Crippen LogP contribution in [0.5, 0.6) is 5.75 Å². The van der Waals surface area contributed by atoms with Crippen LogP contribution >= 0.6 is 11.6 Å². The Bertz CT molecular complexity index is 505. The van der Waals surface area contributed by atoms with E-state index in [9.17, 15) is 4.79 Å². The summed E-state index contributed by atoms with van der Waals surface area (Å²) in [6.45, 7) is 1.88. The molecule has 2 fully saturated rings. The first-order chi connectivity index (χ1) is 10.2. The Labute approximate surface area is 131 Å². The van der Waals surface area contributed by atoms with Crippen molar-refractivity contribution in [3.8, 4) is 5.75 Å². The quantitative estimate of drug-likeness (QED) is 0.851. The van der Waals surface area contributed by atoms with E-state index in [1.54, 1.807) is 12.1 Å². The summed E-state index contributed by atoms with van der Waals surface area (Å²) in [6, 6.07) is 7.28. The van der Waals surface area contributed by atoms with E-state index >= 15 is 0 Å². The van der Waals surface area contributed by atoms with Crippen LogP contribution in [0, 0.1) is 11.8 Å². The molecule has 1 aliphatic carbocycles. The number of para-hydroxylation sites is 1. The minimum absolute atomic E-state index is 0.0824. The molecule has 1 heterocycles. The number of ether oxygens (including phenoxy) is 1. The van der Waals surface area contributed by atoms with E-state index in [1.165, 1.54) is 25.7 Å². The molecular formula is C17H22ClNO2. The van der Waals surface area contributed by atoms with Crippen molar-refractivity contribution in [2.75, 3.05) is 19.7 Å². The fraction of sp³-hybridized carbons (Fsp3) is 0.588. The highest BCUT2D eigenvalue weighted by Crippen LogP contribution is 2.36. The fourth-order valence-electron chi connectivity index (χ4n) is 3.62. The smallest absolute Gasteiger partial charge is 0.260 e. The highest BCUT2D eigenvalue weighted by atomic mass is 35.5. The van der Waals surface area contributed by atoms with Crippen LogP contribution in [0.3, 0.4) is 0 Å². The molecule has 0 bridgehead atoms. The molecule has 0 aromatic heterocycles. The van der Waals surface area contributed by atoms with Crippen LogP contribution in [0.25, 0.3) is 0 Å². The lowest BCUT2D eigenvalue weighted by atomic mass is 9.75. The van der Waals surface area contributed by atoms with Gasteiger partial charge < -0.3 is 9.64 Å². The topological polar surface area (TPSA) is 29.5 Å². The maximum Gasteiger partial charge on any atom is 0.260 e. The minimum atomic E-state index is 0.0824. The standard InChI is InChI=1S/C17H22ClNO2/c18-15-7-3-4-8-16(15)21-12-17(20)19-10-9-13-5-1-2-6-14(13)11-19/h3-4,7-8,13-14H,1-2,5-6,9-12H2/t13-,14+/m0/s1. The first-order valence-corrected chi connectivity index (χ1v) is 8.27. The van der Waals surface area contributed by atoms with Gasteiger partial charge in [-0.05, 0) is 36.8 Å². The summed E-state index contributed by atoms with van der Waals surface area (Å²) in [5.41, 5.74) is 0. The molecule has 2 aliphatic rings. The van der Waals surface area contributed by atoms with Gasteiger partial charge in [0, 0.05) is 13.1 Å². The van der Waals surface area contributed by atoms with Gasteiger partial charge in [0.2, 0.25) is 0 Å². The van der Waals surface area contributed by atoms with Gasteiger partial charge in [0.15, 0.2) is 6.61 Å². The van der Waals surface area contributed by atoms with Gasteiger partial charge >= 0.3 is 0 Å². The summed E-state index contributed by atoms with van der Waals surface area (Å²) in [4.78, 5) is 14.3. The number of hydrogen-bond acceptors (Lipinski definition) is 2. The number of hydrogen-bond donors (Lipinski definition) is 0. The van der Waals surface area contributed by atoms with Gasteiger partial charge in [0.25, 0.3) is 5.91 Å². The SMILES string of the molecule is O=C(COc1ccccc1Cl)N1CC[C@@H]2CCCC[C@@H]2C1. The molecule has 1 saturated heterocycles. The normalized spacial score (nSPS) is 25.3. The first kappa shape index (κ1) is 14.7. The average Bonchev–Trinajstić information content (AvgIpc) is 2.53. The van der Waals surface area contributed by atoms with Gasteiger partial charge in [-0.3, -0.25) is 4.79 Å². The molecule has 3 rings (SSSR count). The number of nitrogens with zero attached hydrogens (tertiary/aromatic N) is 1. The van der Waals surface area contributed by atoms with Crippen LogP contribution in [0.4, 0.5) is 0 Å². The molecule has 1 amide bonds. The Morgan fingerprint density at radius 3 is 2.76 bits per heavy atom. The molecule has 21 heavy (non-hydrogen) atoms. The number of benzene rings is 1. The Hall–Kier alpha value is -1.22. The van der Waals surface area contributed by atoms with Crippen molar-refractivity contribution in [1.29, 1.82) is 0 Å². The number of halogens is 1. The fourth-order valence-corrected chi connectivity index (χ4v) is 3.81. The molecule has 0 radical (unpaired) electrons. The predicted molar refractivity (Wildman–Crippen MR) is 83.6 cm³/mol. The number of likely N-dealkylation sites (tertiary alicyclic amines) is 1. The number of carbonyl (C=O) groups is 1. The Kier molecular flexibility index (Phi) is 4.69. The highest BCUT2D eigenvalue weighted by molar-refractivity contribution is 6.32. The zero-order valence-corrected chi connectivity index (χ0v) is 13.0. The van der Waals surface area contributed by atoms with E-state index in [2.05, 4.69) is 0 Å². The molecule has 3 nitrogen and oxygen atoms in total. The van der Waals surface area contributed by atoms with Crippen molar-refractivity contribution in [2.45, 2.75) is 32.1 Å². The lowest BCUT2D eigenvalue weighted by molar-refractivity contribution is -0.136. The van der Waals surface area contributed by atoms with Gasteiger partial charge in [-0.25, -0.2) is 0 Å². The molecule has 0 unspecified atom stereocenters. The van der Waals surface area contributed by atoms with Crippen LogP contribution in [0.1, 0.15) is 32.1 Å². The lowest BCUT2D eigenvalue weighted by Crippen LogP contribution is -2.46. The molecule has 0 spiro atoms. The maximum absolute atomic E-state index is 12.3. The molecular weight excluding hydrogens is 286 g/mol. The summed E-state index contributed by atoms with van der Waals surface area (Å²) >= 11 is 6.03. The number of piperidine rings is 1. The second-order valence-electron chi connectivity index (χ2n) is 6.15. The Morgan fingerprint density at radius 1 is 1.19 bits per heavy atom. The lowest BCUT2D eigenvalue weighted by Gasteiger charge is -2.41. The van der Waals surface area contributed by atoms with Crippen molar-refractivity contribution < 1.29 is 9.53 Å². The molecule has 1 aliphatic heterocycles. The van der Waals surface area contributed by atoms with Crippen LogP contribution in [-0.4, -0.2) is 30.5 Å². The van der Waals surface area contributed by atoms with E-state index in [1.807, 2.05) is 17.0 Å².